The molecule has 1 aromatic heterocycles. The SMILES string of the molecule is CCCCCCC(Cc1ccc2c(c1)c1ccccc1n2-c1ccc(C(F)(F)F)cc1)NCCC. The molecular weight excluding hydrogens is 445 g/mol. The monoisotopic (exact) mass is 480 g/mol. The van der Waals surface area contributed by atoms with Gasteiger partial charge in [-0.05, 0) is 73.8 Å². The third kappa shape index (κ3) is 5.90. The van der Waals surface area contributed by atoms with E-state index in [0.717, 1.165) is 59.0 Å². The largest absolute Gasteiger partial charge is 0.416 e. The number of nitrogens with zero attached hydrogens (tertiary/aromatic N) is 1. The normalized spacial score (nSPS) is 13.1. The lowest BCUT2D eigenvalue weighted by Crippen LogP contribution is -2.31. The highest BCUT2D eigenvalue weighted by Crippen LogP contribution is 2.34. The first kappa shape index (κ1) is 25.3. The zero-order valence-electron chi connectivity index (χ0n) is 20.7. The van der Waals surface area contributed by atoms with Crippen LogP contribution in [0.1, 0.15) is 63.5 Å². The van der Waals surface area contributed by atoms with Crippen molar-refractivity contribution in [3.05, 3.63) is 77.9 Å². The van der Waals surface area contributed by atoms with Crippen molar-refractivity contribution in [3.63, 3.8) is 0 Å². The number of hydrogen-bond donors (Lipinski definition) is 1. The average Bonchev–Trinajstić information content (AvgIpc) is 3.18. The molecule has 1 heterocycles. The van der Waals surface area contributed by atoms with Crippen LogP contribution in [0.15, 0.2) is 66.7 Å². The molecule has 2 nitrogen and oxygen atoms in total. The summed E-state index contributed by atoms with van der Waals surface area (Å²) in [4.78, 5) is 0. The van der Waals surface area contributed by atoms with Crippen LogP contribution in [-0.4, -0.2) is 17.2 Å². The summed E-state index contributed by atoms with van der Waals surface area (Å²) < 4.78 is 41.4. The van der Waals surface area contributed by atoms with E-state index in [9.17, 15) is 13.2 Å². The zero-order valence-corrected chi connectivity index (χ0v) is 20.7. The summed E-state index contributed by atoms with van der Waals surface area (Å²) in [6.07, 6.45) is 3.97. The summed E-state index contributed by atoms with van der Waals surface area (Å²) in [6, 6.07) is 20.6. The quantitative estimate of drug-likeness (QED) is 0.213. The van der Waals surface area contributed by atoms with Gasteiger partial charge in [-0.3, -0.25) is 0 Å². The zero-order chi connectivity index (χ0) is 24.8. The fraction of sp³-hybridized carbons (Fsp3) is 0.400. The van der Waals surface area contributed by atoms with E-state index in [-0.39, 0.29) is 0 Å². The summed E-state index contributed by atoms with van der Waals surface area (Å²) >= 11 is 0. The van der Waals surface area contributed by atoms with Crippen LogP contribution in [0.3, 0.4) is 0 Å². The number of aromatic nitrogens is 1. The van der Waals surface area contributed by atoms with Gasteiger partial charge in [0, 0.05) is 22.5 Å². The van der Waals surface area contributed by atoms with E-state index < -0.39 is 11.7 Å². The van der Waals surface area contributed by atoms with Crippen molar-refractivity contribution < 1.29 is 13.2 Å². The Morgan fingerprint density at radius 3 is 2.26 bits per heavy atom. The summed E-state index contributed by atoms with van der Waals surface area (Å²) in [7, 11) is 0. The summed E-state index contributed by atoms with van der Waals surface area (Å²) in [5, 5.41) is 5.98. The van der Waals surface area contributed by atoms with Gasteiger partial charge in [0.2, 0.25) is 0 Å². The van der Waals surface area contributed by atoms with Crippen molar-refractivity contribution in [2.75, 3.05) is 6.54 Å². The molecule has 0 bridgehead atoms. The van der Waals surface area contributed by atoms with Gasteiger partial charge in [0.15, 0.2) is 0 Å². The third-order valence-corrected chi connectivity index (χ3v) is 6.76. The lowest BCUT2D eigenvalue weighted by Gasteiger charge is -2.19. The number of benzene rings is 3. The molecule has 35 heavy (non-hydrogen) atoms. The van der Waals surface area contributed by atoms with Gasteiger partial charge in [-0.2, -0.15) is 13.2 Å². The summed E-state index contributed by atoms with van der Waals surface area (Å²) in [5.74, 6) is 0. The molecule has 1 unspecified atom stereocenters. The van der Waals surface area contributed by atoms with Crippen molar-refractivity contribution in [1.29, 1.82) is 0 Å². The van der Waals surface area contributed by atoms with Gasteiger partial charge in [-0.25, -0.2) is 0 Å². The third-order valence-electron chi connectivity index (χ3n) is 6.76. The minimum Gasteiger partial charge on any atom is -0.314 e. The van der Waals surface area contributed by atoms with Gasteiger partial charge in [0.25, 0.3) is 0 Å². The first-order valence-corrected chi connectivity index (χ1v) is 12.9. The lowest BCUT2D eigenvalue weighted by molar-refractivity contribution is -0.137. The van der Waals surface area contributed by atoms with Gasteiger partial charge in [0.1, 0.15) is 0 Å². The smallest absolute Gasteiger partial charge is 0.314 e. The predicted octanol–water partition coefficient (Wildman–Crippen LogP) is 8.68. The number of nitrogens with one attached hydrogen (secondary N) is 1. The second-order valence-corrected chi connectivity index (χ2v) is 9.45. The van der Waals surface area contributed by atoms with E-state index in [2.05, 4.69) is 48.0 Å². The van der Waals surface area contributed by atoms with Gasteiger partial charge in [-0.1, -0.05) is 63.8 Å². The second kappa shape index (κ2) is 11.3. The molecule has 0 fully saturated rings. The molecule has 0 aliphatic heterocycles. The van der Waals surface area contributed by atoms with E-state index in [1.54, 1.807) is 12.1 Å². The van der Waals surface area contributed by atoms with Crippen LogP contribution < -0.4 is 5.32 Å². The minimum absolute atomic E-state index is 0.451. The Labute approximate surface area is 206 Å². The molecule has 5 heteroatoms. The summed E-state index contributed by atoms with van der Waals surface area (Å²) in [5.41, 5.74) is 3.40. The van der Waals surface area contributed by atoms with Crippen LogP contribution in [-0.2, 0) is 12.6 Å². The van der Waals surface area contributed by atoms with Crippen LogP contribution in [0.4, 0.5) is 13.2 Å². The Bertz CT molecular complexity index is 1240. The van der Waals surface area contributed by atoms with E-state index in [1.165, 1.54) is 37.7 Å². The summed E-state index contributed by atoms with van der Waals surface area (Å²) in [6.45, 7) is 5.46. The Morgan fingerprint density at radius 1 is 0.800 bits per heavy atom. The molecule has 186 valence electrons. The van der Waals surface area contributed by atoms with E-state index in [1.807, 2.05) is 18.2 Å². The van der Waals surface area contributed by atoms with Crippen molar-refractivity contribution in [2.45, 2.75) is 71.0 Å². The maximum absolute atomic E-state index is 13.1. The second-order valence-electron chi connectivity index (χ2n) is 9.45. The van der Waals surface area contributed by atoms with Gasteiger partial charge in [-0.15, -0.1) is 0 Å². The van der Waals surface area contributed by atoms with Crippen LogP contribution in [0, 0.1) is 0 Å². The Morgan fingerprint density at radius 2 is 1.54 bits per heavy atom. The molecule has 1 N–H and O–H groups in total. The van der Waals surface area contributed by atoms with E-state index >= 15 is 0 Å². The van der Waals surface area contributed by atoms with Crippen molar-refractivity contribution in [2.24, 2.45) is 0 Å². The number of rotatable bonds is 11. The molecule has 0 spiro atoms. The average molecular weight is 481 g/mol. The molecule has 4 rings (SSSR count). The van der Waals surface area contributed by atoms with E-state index in [4.69, 9.17) is 0 Å². The van der Waals surface area contributed by atoms with Gasteiger partial charge in [0.05, 0.1) is 16.6 Å². The predicted molar refractivity (Wildman–Crippen MR) is 140 cm³/mol. The standard InChI is InChI=1S/C30H35F3N2/c1-3-5-6-7-10-24(34-19-4-2)20-22-13-18-29-27(21-22)26-11-8-9-12-28(26)35(29)25-16-14-23(15-17-25)30(31,32)33/h8-9,11-18,21,24,34H,3-7,10,19-20H2,1-2H3. The molecule has 3 aromatic carbocycles. The van der Waals surface area contributed by atoms with Crippen molar-refractivity contribution in [3.8, 4) is 5.69 Å². The number of fused-ring (bicyclic) bond motifs is 3. The molecule has 0 saturated carbocycles. The number of halogens is 3. The molecule has 0 aliphatic rings. The number of alkyl halides is 3. The topological polar surface area (TPSA) is 17.0 Å². The Hall–Kier alpha value is -2.79. The molecular formula is C30H35F3N2. The molecule has 0 amide bonds. The number of para-hydroxylation sites is 1. The molecule has 0 saturated heterocycles. The van der Waals surface area contributed by atoms with Crippen LogP contribution >= 0.6 is 0 Å². The van der Waals surface area contributed by atoms with Crippen LogP contribution in [0.25, 0.3) is 27.5 Å². The highest BCUT2D eigenvalue weighted by Gasteiger charge is 2.30. The molecule has 0 aliphatic carbocycles. The van der Waals surface area contributed by atoms with Crippen molar-refractivity contribution >= 4 is 21.8 Å². The molecule has 0 radical (unpaired) electrons. The molecule has 4 aromatic rings. The molecule has 1 atom stereocenters. The lowest BCUT2D eigenvalue weighted by atomic mass is 9.98. The van der Waals surface area contributed by atoms with Gasteiger partial charge < -0.3 is 9.88 Å². The van der Waals surface area contributed by atoms with Crippen molar-refractivity contribution in [1.82, 2.24) is 9.88 Å². The number of hydrogen-bond acceptors (Lipinski definition) is 1. The Kier molecular flexibility index (Phi) is 8.17. The first-order chi connectivity index (χ1) is 16.9. The maximum atomic E-state index is 13.1. The highest BCUT2D eigenvalue weighted by molar-refractivity contribution is 6.09. The Balaban J connectivity index is 1.68. The highest BCUT2D eigenvalue weighted by atomic mass is 19.4. The fourth-order valence-electron chi connectivity index (χ4n) is 4.95. The fourth-order valence-corrected chi connectivity index (χ4v) is 4.95. The van der Waals surface area contributed by atoms with Crippen LogP contribution in [0.5, 0.6) is 0 Å². The minimum atomic E-state index is -4.34. The van der Waals surface area contributed by atoms with E-state index in [0.29, 0.717) is 6.04 Å². The first-order valence-electron chi connectivity index (χ1n) is 12.9. The maximum Gasteiger partial charge on any atom is 0.416 e. The number of unbranched alkanes of at least 4 members (excludes halogenated alkanes) is 3. The van der Waals surface area contributed by atoms with Gasteiger partial charge >= 0.3 is 6.18 Å². The van der Waals surface area contributed by atoms with Crippen LogP contribution in [0.2, 0.25) is 0 Å².